The van der Waals surface area contributed by atoms with Crippen LogP contribution in [-0.4, -0.2) is 29.9 Å². The molecule has 0 atom stereocenters. The minimum absolute atomic E-state index is 0.116. The van der Waals surface area contributed by atoms with E-state index in [1.807, 2.05) is 25.3 Å². The summed E-state index contributed by atoms with van der Waals surface area (Å²) in [4.78, 5) is 0.297. The number of hydrogen-bond acceptors (Lipinski definition) is 3. The molecule has 0 saturated carbocycles. The van der Waals surface area contributed by atoms with E-state index in [1.54, 1.807) is 18.3 Å². The van der Waals surface area contributed by atoms with E-state index in [2.05, 4.69) is 6.58 Å². The Bertz CT molecular complexity index is 511. The summed E-state index contributed by atoms with van der Waals surface area (Å²) >= 11 is 0. The summed E-state index contributed by atoms with van der Waals surface area (Å²) in [5.41, 5.74) is 6.45. The van der Waals surface area contributed by atoms with Gasteiger partial charge in [0.1, 0.15) is 4.90 Å². The van der Waals surface area contributed by atoms with E-state index in [1.165, 1.54) is 4.31 Å². The Morgan fingerprint density at radius 2 is 2.16 bits per heavy atom. The van der Waals surface area contributed by atoms with Gasteiger partial charge in [-0.05, 0) is 26.8 Å². The highest BCUT2D eigenvalue weighted by molar-refractivity contribution is 7.89. The van der Waals surface area contributed by atoms with Crippen molar-refractivity contribution in [2.24, 2.45) is 5.73 Å². The SMILES string of the molecule is C=CCN(C(C)C)S(=O)(=O)c1cc(CN)n(CC)c1. The van der Waals surface area contributed by atoms with Crippen LogP contribution in [0.4, 0.5) is 0 Å². The maximum atomic E-state index is 12.6. The molecule has 0 aliphatic rings. The van der Waals surface area contributed by atoms with Gasteiger partial charge in [0.05, 0.1) is 0 Å². The van der Waals surface area contributed by atoms with Gasteiger partial charge < -0.3 is 10.3 Å². The number of nitrogens with zero attached hydrogens (tertiary/aromatic N) is 2. The minimum Gasteiger partial charge on any atom is -0.349 e. The molecular weight excluding hydrogens is 262 g/mol. The summed E-state index contributed by atoms with van der Waals surface area (Å²) in [6, 6.07) is 1.53. The van der Waals surface area contributed by atoms with Crippen LogP contribution in [-0.2, 0) is 23.1 Å². The number of hydrogen-bond donors (Lipinski definition) is 1. The Kier molecular flexibility index (Phi) is 5.34. The molecule has 0 radical (unpaired) electrons. The van der Waals surface area contributed by atoms with E-state index in [0.29, 0.717) is 24.5 Å². The molecule has 0 aliphatic heterocycles. The summed E-state index contributed by atoms with van der Waals surface area (Å²) in [6.45, 7) is 10.6. The van der Waals surface area contributed by atoms with Crippen molar-refractivity contribution in [3.63, 3.8) is 0 Å². The number of sulfonamides is 1. The number of nitrogens with two attached hydrogens (primary N) is 1. The van der Waals surface area contributed by atoms with E-state index >= 15 is 0 Å². The molecule has 0 spiro atoms. The van der Waals surface area contributed by atoms with Gasteiger partial charge in [-0.3, -0.25) is 0 Å². The third-order valence-corrected chi connectivity index (χ3v) is 5.01. The zero-order valence-electron chi connectivity index (χ0n) is 11.8. The lowest BCUT2D eigenvalue weighted by atomic mass is 10.4. The molecule has 19 heavy (non-hydrogen) atoms. The molecule has 1 heterocycles. The van der Waals surface area contributed by atoms with Crippen molar-refractivity contribution in [3.8, 4) is 0 Å². The maximum Gasteiger partial charge on any atom is 0.245 e. The van der Waals surface area contributed by atoms with Gasteiger partial charge in [-0.15, -0.1) is 6.58 Å². The average Bonchev–Trinajstić information content (AvgIpc) is 2.79. The second-order valence-corrected chi connectivity index (χ2v) is 6.50. The molecule has 0 bridgehead atoms. The van der Waals surface area contributed by atoms with Crippen LogP contribution >= 0.6 is 0 Å². The lowest BCUT2D eigenvalue weighted by Gasteiger charge is -2.23. The average molecular weight is 285 g/mol. The normalized spacial score (nSPS) is 12.3. The standard InChI is InChI=1S/C13H23N3O2S/c1-5-7-16(11(3)4)19(17,18)13-8-12(9-14)15(6-2)10-13/h5,8,10-11H,1,6-7,9,14H2,2-4H3. The van der Waals surface area contributed by atoms with E-state index in [9.17, 15) is 8.42 Å². The molecule has 0 fully saturated rings. The molecule has 1 aromatic rings. The van der Waals surface area contributed by atoms with Crippen LogP contribution in [0.15, 0.2) is 29.8 Å². The van der Waals surface area contributed by atoms with E-state index in [0.717, 1.165) is 5.69 Å². The molecule has 1 aromatic heterocycles. The highest BCUT2D eigenvalue weighted by Gasteiger charge is 2.27. The molecule has 0 amide bonds. The number of aryl methyl sites for hydroxylation is 1. The third-order valence-electron chi connectivity index (χ3n) is 3.00. The van der Waals surface area contributed by atoms with Crippen LogP contribution in [0.3, 0.4) is 0 Å². The van der Waals surface area contributed by atoms with Gasteiger partial charge in [-0.2, -0.15) is 4.31 Å². The van der Waals surface area contributed by atoms with Gasteiger partial charge in [-0.1, -0.05) is 6.08 Å². The predicted octanol–water partition coefficient (Wildman–Crippen LogP) is 1.55. The number of aromatic nitrogens is 1. The zero-order chi connectivity index (χ0) is 14.6. The summed E-state index contributed by atoms with van der Waals surface area (Å²) in [6.07, 6.45) is 3.24. The first-order valence-electron chi connectivity index (χ1n) is 6.40. The largest absolute Gasteiger partial charge is 0.349 e. The fraction of sp³-hybridized carbons (Fsp3) is 0.538. The molecule has 108 valence electrons. The quantitative estimate of drug-likeness (QED) is 0.773. The molecule has 5 nitrogen and oxygen atoms in total. The molecule has 0 aliphatic carbocycles. The summed E-state index contributed by atoms with van der Waals surface area (Å²) in [5, 5.41) is 0. The van der Waals surface area contributed by atoms with Crippen LogP contribution in [0, 0.1) is 0 Å². The minimum atomic E-state index is -3.50. The molecule has 6 heteroatoms. The van der Waals surface area contributed by atoms with E-state index in [4.69, 9.17) is 5.73 Å². The first kappa shape index (κ1) is 15.9. The van der Waals surface area contributed by atoms with Gasteiger partial charge in [0.15, 0.2) is 0 Å². The molecule has 0 saturated heterocycles. The molecule has 1 rings (SSSR count). The van der Waals surface area contributed by atoms with Crippen LogP contribution in [0.5, 0.6) is 0 Å². The van der Waals surface area contributed by atoms with Crippen molar-refractivity contribution in [3.05, 3.63) is 30.6 Å². The second kappa shape index (κ2) is 6.36. The highest BCUT2D eigenvalue weighted by Crippen LogP contribution is 2.21. The Hall–Kier alpha value is -1.11. The molecule has 0 aromatic carbocycles. The fourth-order valence-corrected chi connectivity index (χ4v) is 3.65. The van der Waals surface area contributed by atoms with Gasteiger partial charge in [-0.25, -0.2) is 8.42 Å². The van der Waals surface area contributed by atoms with Crippen molar-refractivity contribution in [1.82, 2.24) is 8.87 Å². The van der Waals surface area contributed by atoms with Gasteiger partial charge in [0.25, 0.3) is 0 Å². The summed E-state index contributed by atoms with van der Waals surface area (Å²) in [7, 11) is -3.50. The Morgan fingerprint density at radius 3 is 2.53 bits per heavy atom. The fourth-order valence-electron chi connectivity index (χ4n) is 1.98. The van der Waals surface area contributed by atoms with Crippen molar-refractivity contribution in [2.75, 3.05) is 6.54 Å². The number of rotatable bonds is 7. The Morgan fingerprint density at radius 1 is 1.53 bits per heavy atom. The van der Waals surface area contributed by atoms with Crippen LogP contribution in [0.2, 0.25) is 0 Å². The Balaban J connectivity index is 3.25. The van der Waals surface area contributed by atoms with E-state index in [-0.39, 0.29) is 6.04 Å². The summed E-state index contributed by atoms with van der Waals surface area (Å²) < 4.78 is 28.5. The monoisotopic (exact) mass is 285 g/mol. The first-order chi connectivity index (χ1) is 8.88. The summed E-state index contributed by atoms with van der Waals surface area (Å²) in [5.74, 6) is 0. The van der Waals surface area contributed by atoms with Crippen molar-refractivity contribution >= 4 is 10.0 Å². The lowest BCUT2D eigenvalue weighted by molar-refractivity contribution is 0.383. The molecule has 2 N–H and O–H groups in total. The molecule has 0 unspecified atom stereocenters. The van der Waals surface area contributed by atoms with E-state index < -0.39 is 10.0 Å². The maximum absolute atomic E-state index is 12.6. The highest BCUT2D eigenvalue weighted by atomic mass is 32.2. The second-order valence-electron chi connectivity index (χ2n) is 4.61. The van der Waals surface area contributed by atoms with Crippen molar-refractivity contribution in [1.29, 1.82) is 0 Å². The zero-order valence-corrected chi connectivity index (χ0v) is 12.7. The third kappa shape index (κ3) is 3.26. The van der Waals surface area contributed by atoms with Crippen molar-refractivity contribution in [2.45, 2.75) is 44.8 Å². The Labute approximate surface area is 115 Å². The van der Waals surface area contributed by atoms with Gasteiger partial charge >= 0.3 is 0 Å². The van der Waals surface area contributed by atoms with Gasteiger partial charge in [0, 0.05) is 37.6 Å². The van der Waals surface area contributed by atoms with Crippen LogP contribution in [0.1, 0.15) is 26.5 Å². The van der Waals surface area contributed by atoms with Crippen LogP contribution < -0.4 is 5.73 Å². The van der Waals surface area contributed by atoms with Gasteiger partial charge in [0.2, 0.25) is 10.0 Å². The first-order valence-corrected chi connectivity index (χ1v) is 7.84. The van der Waals surface area contributed by atoms with Crippen LogP contribution in [0.25, 0.3) is 0 Å². The topological polar surface area (TPSA) is 68.3 Å². The predicted molar refractivity (Wildman–Crippen MR) is 77.2 cm³/mol. The smallest absolute Gasteiger partial charge is 0.245 e. The van der Waals surface area contributed by atoms with Crippen molar-refractivity contribution < 1.29 is 8.42 Å². The molecular formula is C13H23N3O2S. The lowest BCUT2D eigenvalue weighted by Crippen LogP contribution is -2.36.